The van der Waals surface area contributed by atoms with Crippen LogP contribution in [0.3, 0.4) is 0 Å². The largest absolute Gasteiger partial charge is 0.490 e. The molecular formula is C31H44FN5O5. The fourth-order valence-corrected chi connectivity index (χ4v) is 5.48. The Kier molecular flexibility index (Phi) is 11.8. The third kappa shape index (κ3) is 8.69. The predicted molar refractivity (Wildman–Crippen MR) is 156 cm³/mol. The van der Waals surface area contributed by atoms with E-state index >= 15 is 0 Å². The van der Waals surface area contributed by atoms with Crippen molar-refractivity contribution in [3.8, 4) is 0 Å². The molecule has 2 unspecified atom stereocenters. The zero-order valence-corrected chi connectivity index (χ0v) is 25.3. The van der Waals surface area contributed by atoms with E-state index in [1.54, 1.807) is 6.08 Å². The maximum Gasteiger partial charge on any atom is 0.272 e. The van der Waals surface area contributed by atoms with Crippen LogP contribution in [-0.4, -0.2) is 69.6 Å². The molecule has 3 amide bonds. The Bertz CT molecular complexity index is 1160. The summed E-state index contributed by atoms with van der Waals surface area (Å²) in [6.07, 6.45) is 12.7. The second kappa shape index (κ2) is 15.0. The first-order chi connectivity index (χ1) is 20.0. The topological polar surface area (TPSA) is 131 Å². The highest BCUT2D eigenvalue weighted by Crippen LogP contribution is 2.30. The first-order valence-corrected chi connectivity index (χ1v) is 14.8. The van der Waals surface area contributed by atoms with Gasteiger partial charge in [-0.05, 0) is 43.6 Å². The molecule has 2 aliphatic rings. The summed E-state index contributed by atoms with van der Waals surface area (Å²) >= 11 is 0. The molecule has 1 aromatic rings. The third-order valence-corrected chi connectivity index (χ3v) is 7.81. The number of likely N-dealkylation sites (tertiary alicyclic amines) is 1. The summed E-state index contributed by atoms with van der Waals surface area (Å²) in [6.45, 7) is 8.95. The first kappa shape index (κ1) is 32.9. The van der Waals surface area contributed by atoms with Crippen molar-refractivity contribution in [2.45, 2.75) is 104 Å². The van der Waals surface area contributed by atoms with E-state index in [1.807, 2.05) is 27.7 Å². The van der Waals surface area contributed by atoms with Crippen molar-refractivity contribution in [2.75, 3.05) is 6.54 Å². The van der Waals surface area contributed by atoms with Crippen LogP contribution in [0.5, 0.6) is 0 Å². The number of hydrogen-bond donors (Lipinski definition) is 2. The number of allylic oxidation sites excluding steroid dienone is 4. The molecule has 230 valence electrons. The summed E-state index contributed by atoms with van der Waals surface area (Å²) in [4.78, 5) is 62.1. The Labute approximate surface area is 247 Å². The third-order valence-electron chi connectivity index (χ3n) is 7.81. The molecule has 1 aromatic heterocycles. The summed E-state index contributed by atoms with van der Waals surface area (Å²) in [5.41, 5.74) is -0.629. The lowest BCUT2D eigenvalue weighted by Gasteiger charge is -2.37. The molecule has 10 nitrogen and oxygen atoms in total. The number of ether oxygens (including phenoxy) is 1. The molecule has 0 bridgehead atoms. The normalized spacial score (nSPS) is 21.8. The Balaban J connectivity index is 1.80. The van der Waals surface area contributed by atoms with Crippen LogP contribution in [-0.2, 0) is 19.1 Å². The average Bonchev–Trinajstić information content (AvgIpc) is 3.39. The van der Waals surface area contributed by atoms with Gasteiger partial charge in [-0.2, -0.15) is 0 Å². The van der Waals surface area contributed by atoms with Crippen LogP contribution in [0.25, 0.3) is 0 Å². The van der Waals surface area contributed by atoms with Gasteiger partial charge in [-0.3, -0.25) is 19.4 Å². The van der Waals surface area contributed by atoms with E-state index in [0.29, 0.717) is 12.7 Å². The highest BCUT2D eigenvalue weighted by Gasteiger charge is 2.44. The number of hydrogen-bond acceptors (Lipinski definition) is 7. The fraction of sp³-hybridized carbons (Fsp3) is 0.613. The smallest absolute Gasteiger partial charge is 0.272 e. The number of amides is 3. The molecular weight excluding hydrogens is 541 g/mol. The van der Waals surface area contributed by atoms with Gasteiger partial charge < -0.3 is 25.1 Å². The van der Waals surface area contributed by atoms with Gasteiger partial charge in [0.15, 0.2) is 5.83 Å². The molecule has 0 radical (unpaired) electrons. The lowest BCUT2D eigenvalue weighted by atomic mass is 9.82. The monoisotopic (exact) mass is 585 g/mol. The minimum Gasteiger partial charge on any atom is -0.490 e. The van der Waals surface area contributed by atoms with E-state index in [1.165, 1.54) is 36.5 Å². The maximum absolute atomic E-state index is 14.4. The zero-order valence-electron chi connectivity index (χ0n) is 25.3. The van der Waals surface area contributed by atoms with Gasteiger partial charge in [0, 0.05) is 18.8 Å². The number of aldehydes is 1. The number of carbonyl (C=O) groups is 4. The van der Waals surface area contributed by atoms with Crippen molar-refractivity contribution in [1.29, 1.82) is 0 Å². The van der Waals surface area contributed by atoms with Crippen LogP contribution in [0.2, 0.25) is 0 Å². The lowest BCUT2D eigenvalue weighted by Crippen LogP contribution is -2.60. The van der Waals surface area contributed by atoms with E-state index in [2.05, 4.69) is 20.6 Å². The van der Waals surface area contributed by atoms with Gasteiger partial charge in [0.05, 0.1) is 18.8 Å². The molecule has 42 heavy (non-hydrogen) atoms. The van der Waals surface area contributed by atoms with Gasteiger partial charge in [0.2, 0.25) is 11.8 Å². The molecule has 4 atom stereocenters. The SMILES string of the molecule is CC/C=C\C(F)=C(/C)O[C@@H]1CC(C=O)N(C(=O)[C@@H](NC(=O)C(NC(=O)c2cnccn2)C2CCCCC2)C(C)(C)C)C1. The number of nitrogens with zero attached hydrogens (tertiary/aromatic N) is 3. The molecule has 2 N–H and O–H groups in total. The van der Waals surface area contributed by atoms with Crippen LogP contribution in [0.1, 0.15) is 90.1 Å². The minimum atomic E-state index is -0.994. The van der Waals surface area contributed by atoms with Crippen LogP contribution in [0, 0.1) is 11.3 Å². The van der Waals surface area contributed by atoms with Gasteiger partial charge in [0.25, 0.3) is 5.91 Å². The fourth-order valence-electron chi connectivity index (χ4n) is 5.48. The molecule has 1 aliphatic carbocycles. The van der Waals surface area contributed by atoms with Crippen molar-refractivity contribution in [3.05, 3.63) is 48.0 Å². The number of halogens is 1. The van der Waals surface area contributed by atoms with E-state index in [0.717, 1.165) is 32.1 Å². The first-order valence-electron chi connectivity index (χ1n) is 14.8. The Hall–Kier alpha value is -3.63. The quantitative estimate of drug-likeness (QED) is 0.228. The highest BCUT2D eigenvalue weighted by atomic mass is 19.1. The van der Waals surface area contributed by atoms with Crippen LogP contribution in [0.4, 0.5) is 4.39 Å². The molecule has 3 rings (SSSR count). The predicted octanol–water partition coefficient (Wildman–Crippen LogP) is 4.04. The van der Waals surface area contributed by atoms with Gasteiger partial charge in [0.1, 0.15) is 35.9 Å². The van der Waals surface area contributed by atoms with Crippen LogP contribution >= 0.6 is 0 Å². The summed E-state index contributed by atoms with van der Waals surface area (Å²) in [5.74, 6) is -1.95. The number of rotatable bonds is 11. The van der Waals surface area contributed by atoms with Crippen LogP contribution < -0.4 is 10.6 Å². The molecule has 2 heterocycles. The molecule has 1 saturated heterocycles. The molecule has 0 spiro atoms. The van der Waals surface area contributed by atoms with Crippen molar-refractivity contribution < 1.29 is 28.3 Å². The Morgan fingerprint density at radius 1 is 1.17 bits per heavy atom. The van der Waals surface area contributed by atoms with Crippen molar-refractivity contribution in [1.82, 2.24) is 25.5 Å². The number of aromatic nitrogens is 2. The summed E-state index contributed by atoms with van der Waals surface area (Å²) in [5, 5.41) is 5.75. The van der Waals surface area contributed by atoms with Gasteiger partial charge in [-0.25, -0.2) is 9.37 Å². The highest BCUT2D eigenvalue weighted by molar-refractivity contribution is 5.97. The van der Waals surface area contributed by atoms with E-state index in [-0.39, 0.29) is 30.3 Å². The van der Waals surface area contributed by atoms with Gasteiger partial charge in [-0.1, -0.05) is 53.0 Å². The zero-order chi connectivity index (χ0) is 30.9. The van der Waals surface area contributed by atoms with E-state index in [9.17, 15) is 23.6 Å². The molecule has 2 fully saturated rings. The van der Waals surface area contributed by atoms with Gasteiger partial charge >= 0.3 is 0 Å². The van der Waals surface area contributed by atoms with Crippen molar-refractivity contribution >= 4 is 24.0 Å². The minimum absolute atomic E-state index is 0.0717. The molecule has 1 saturated carbocycles. The summed E-state index contributed by atoms with van der Waals surface area (Å²) < 4.78 is 20.1. The van der Waals surface area contributed by atoms with Crippen LogP contribution in [0.15, 0.2) is 42.3 Å². The molecule has 11 heteroatoms. The van der Waals surface area contributed by atoms with Gasteiger partial charge in [-0.15, -0.1) is 0 Å². The molecule has 0 aromatic carbocycles. The van der Waals surface area contributed by atoms with Crippen molar-refractivity contribution in [3.63, 3.8) is 0 Å². The standard InChI is InChI=1S/C31H44FN5O5/c1-6-7-13-24(32)20(2)42-23-16-22(19-38)37(18-23)30(41)27(31(3,4)5)36-29(40)26(21-11-9-8-10-12-21)35-28(39)25-17-33-14-15-34-25/h7,13-15,17,19,21-23,26-27H,6,8-12,16,18H2,1-5H3,(H,35,39)(H,36,40)/b13-7-,24-20-/t22?,23-,26?,27-/m1/s1. The van der Waals surface area contributed by atoms with E-state index < -0.39 is 53.2 Å². The average molecular weight is 586 g/mol. The lowest BCUT2D eigenvalue weighted by molar-refractivity contribution is -0.142. The Morgan fingerprint density at radius 3 is 2.48 bits per heavy atom. The molecule has 1 aliphatic heterocycles. The van der Waals surface area contributed by atoms with E-state index in [4.69, 9.17) is 4.74 Å². The second-order valence-corrected chi connectivity index (χ2v) is 12.1. The number of carbonyl (C=O) groups excluding carboxylic acids is 4. The number of nitrogens with one attached hydrogen (secondary N) is 2. The maximum atomic E-state index is 14.4. The second-order valence-electron chi connectivity index (χ2n) is 12.1. The summed E-state index contributed by atoms with van der Waals surface area (Å²) in [7, 11) is 0. The van der Waals surface area contributed by atoms with Crippen molar-refractivity contribution in [2.24, 2.45) is 11.3 Å². The Morgan fingerprint density at radius 2 is 1.88 bits per heavy atom. The summed E-state index contributed by atoms with van der Waals surface area (Å²) in [6, 6.07) is -2.65.